The molecule has 9 heteroatoms. The summed E-state index contributed by atoms with van der Waals surface area (Å²) in [6.45, 7) is 4.06. The number of furan rings is 1. The van der Waals surface area contributed by atoms with Crippen molar-refractivity contribution in [2.45, 2.75) is 31.0 Å². The van der Waals surface area contributed by atoms with Gasteiger partial charge in [0.2, 0.25) is 11.9 Å². The summed E-state index contributed by atoms with van der Waals surface area (Å²) in [6, 6.07) is 14.1. The van der Waals surface area contributed by atoms with Crippen molar-refractivity contribution in [1.29, 1.82) is 0 Å². The van der Waals surface area contributed by atoms with Gasteiger partial charge in [-0.05, 0) is 43.5 Å². The number of para-hydroxylation sites is 1. The van der Waals surface area contributed by atoms with Crippen molar-refractivity contribution < 1.29 is 9.21 Å². The Labute approximate surface area is 193 Å². The summed E-state index contributed by atoms with van der Waals surface area (Å²) >= 11 is 1.42. The summed E-state index contributed by atoms with van der Waals surface area (Å²) in [5, 5.41) is 12.5. The van der Waals surface area contributed by atoms with E-state index in [9.17, 15) is 4.79 Å². The molecule has 1 fully saturated rings. The van der Waals surface area contributed by atoms with Gasteiger partial charge in [0.15, 0.2) is 5.16 Å². The highest BCUT2D eigenvalue weighted by Crippen LogP contribution is 2.25. The normalized spacial score (nSPS) is 13.5. The smallest absolute Gasteiger partial charge is 0.230 e. The molecule has 1 aromatic carbocycles. The second-order valence-corrected chi connectivity index (χ2v) is 8.83. The van der Waals surface area contributed by atoms with E-state index in [1.807, 2.05) is 30.3 Å². The van der Waals surface area contributed by atoms with Gasteiger partial charge in [0, 0.05) is 38.9 Å². The van der Waals surface area contributed by atoms with Crippen molar-refractivity contribution in [3.63, 3.8) is 0 Å². The Morgan fingerprint density at radius 3 is 2.72 bits per heavy atom. The van der Waals surface area contributed by atoms with Crippen molar-refractivity contribution >= 4 is 29.3 Å². The van der Waals surface area contributed by atoms with E-state index in [1.54, 1.807) is 6.26 Å². The topological polar surface area (TPSA) is 79.4 Å². The minimum absolute atomic E-state index is 0.00707. The van der Waals surface area contributed by atoms with Crippen LogP contribution in [0.5, 0.6) is 0 Å². The number of rotatable bonds is 11. The lowest BCUT2D eigenvalue weighted by Gasteiger charge is -2.19. The lowest BCUT2D eigenvalue weighted by molar-refractivity contribution is -0.118. The molecule has 0 radical (unpaired) electrons. The summed E-state index contributed by atoms with van der Waals surface area (Å²) in [4.78, 5) is 16.8. The number of nitrogens with one attached hydrogen (secondary N) is 1. The average molecular weight is 455 g/mol. The number of carbonyl (C=O) groups is 1. The molecular formula is C23H30N6O2S. The van der Waals surface area contributed by atoms with Gasteiger partial charge in [0.05, 0.1) is 18.6 Å². The molecule has 32 heavy (non-hydrogen) atoms. The summed E-state index contributed by atoms with van der Waals surface area (Å²) in [5.41, 5.74) is 1.18. The number of nitrogens with zero attached hydrogens (tertiary/aromatic N) is 5. The van der Waals surface area contributed by atoms with Gasteiger partial charge in [-0.1, -0.05) is 30.0 Å². The lowest BCUT2D eigenvalue weighted by atomic mass is 10.3. The molecule has 0 unspecified atom stereocenters. The molecule has 1 saturated heterocycles. The Morgan fingerprint density at radius 2 is 1.97 bits per heavy atom. The van der Waals surface area contributed by atoms with Gasteiger partial charge in [-0.25, -0.2) is 0 Å². The zero-order valence-corrected chi connectivity index (χ0v) is 19.3. The molecule has 3 aromatic rings. The molecule has 1 aliphatic rings. The summed E-state index contributed by atoms with van der Waals surface area (Å²) in [6.07, 6.45) is 4.89. The molecular weight excluding hydrogens is 424 g/mol. The van der Waals surface area contributed by atoms with Crippen LogP contribution >= 0.6 is 11.8 Å². The second kappa shape index (κ2) is 11.1. The minimum atomic E-state index is 0.00707. The highest BCUT2D eigenvalue weighted by atomic mass is 32.2. The van der Waals surface area contributed by atoms with Crippen LogP contribution in [0.2, 0.25) is 0 Å². The molecule has 2 aromatic heterocycles. The maximum atomic E-state index is 12.4. The van der Waals surface area contributed by atoms with Crippen molar-refractivity contribution in [3.05, 3.63) is 54.5 Å². The molecule has 1 aliphatic heterocycles. The van der Waals surface area contributed by atoms with E-state index in [4.69, 9.17) is 4.42 Å². The van der Waals surface area contributed by atoms with Crippen LogP contribution in [-0.2, 0) is 11.3 Å². The molecule has 0 bridgehead atoms. The van der Waals surface area contributed by atoms with Gasteiger partial charge in [0.25, 0.3) is 0 Å². The first-order valence-corrected chi connectivity index (χ1v) is 12.1. The van der Waals surface area contributed by atoms with Crippen LogP contribution in [0, 0.1) is 0 Å². The summed E-state index contributed by atoms with van der Waals surface area (Å²) in [5.74, 6) is 2.02. The Morgan fingerprint density at radius 1 is 1.16 bits per heavy atom. The SMILES string of the molecule is CN(CCCNC(=O)CSc1nnc(N2CCCC2)n1Cc1ccco1)c1ccccc1. The van der Waals surface area contributed by atoms with Gasteiger partial charge in [0.1, 0.15) is 5.76 Å². The zero-order valence-electron chi connectivity index (χ0n) is 18.4. The third kappa shape index (κ3) is 5.85. The maximum absolute atomic E-state index is 12.4. The number of benzene rings is 1. The fraction of sp³-hybridized carbons (Fsp3) is 0.435. The zero-order chi connectivity index (χ0) is 22.2. The number of aromatic nitrogens is 3. The van der Waals surface area contributed by atoms with E-state index in [2.05, 4.69) is 49.1 Å². The second-order valence-electron chi connectivity index (χ2n) is 7.89. The van der Waals surface area contributed by atoms with E-state index in [1.165, 1.54) is 17.4 Å². The van der Waals surface area contributed by atoms with Gasteiger partial charge >= 0.3 is 0 Å². The Balaban J connectivity index is 1.26. The maximum Gasteiger partial charge on any atom is 0.230 e. The molecule has 0 aliphatic carbocycles. The first-order valence-electron chi connectivity index (χ1n) is 11.1. The number of carbonyl (C=O) groups excluding carboxylic acids is 1. The van der Waals surface area contributed by atoms with Gasteiger partial charge in [-0.15, -0.1) is 10.2 Å². The third-order valence-electron chi connectivity index (χ3n) is 5.50. The van der Waals surface area contributed by atoms with Crippen LogP contribution in [-0.4, -0.2) is 59.7 Å². The quantitative estimate of drug-likeness (QED) is 0.352. The first kappa shape index (κ1) is 22.3. The highest BCUT2D eigenvalue weighted by molar-refractivity contribution is 7.99. The largest absolute Gasteiger partial charge is 0.467 e. The van der Waals surface area contributed by atoms with E-state index in [0.29, 0.717) is 18.8 Å². The number of anilines is 2. The Bertz CT molecular complexity index is 970. The van der Waals surface area contributed by atoms with E-state index in [0.717, 1.165) is 55.8 Å². The van der Waals surface area contributed by atoms with Gasteiger partial charge in [-0.3, -0.25) is 9.36 Å². The number of hydrogen-bond acceptors (Lipinski definition) is 7. The van der Waals surface area contributed by atoms with E-state index in [-0.39, 0.29) is 5.91 Å². The molecule has 170 valence electrons. The Kier molecular flexibility index (Phi) is 7.71. The third-order valence-corrected chi connectivity index (χ3v) is 6.47. The van der Waals surface area contributed by atoms with Crippen LogP contribution in [0.25, 0.3) is 0 Å². The van der Waals surface area contributed by atoms with Crippen molar-refractivity contribution in [2.24, 2.45) is 0 Å². The first-order chi connectivity index (χ1) is 15.7. The molecule has 0 saturated carbocycles. The Hall–Kier alpha value is -2.94. The standard InChI is InChI=1S/C23H30N6O2S/c1-27(19-9-3-2-4-10-19)13-8-12-24-21(30)18-32-23-26-25-22(28-14-5-6-15-28)29(23)17-20-11-7-16-31-20/h2-4,7,9-11,16H,5-6,8,12-15,17-18H2,1H3,(H,24,30). The van der Waals surface area contributed by atoms with Crippen LogP contribution < -0.4 is 15.1 Å². The molecule has 3 heterocycles. The summed E-state index contributed by atoms with van der Waals surface area (Å²) < 4.78 is 7.59. The van der Waals surface area contributed by atoms with E-state index >= 15 is 0 Å². The van der Waals surface area contributed by atoms with Crippen LogP contribution in [0.4, 0.5) is 11.6 Å². The number of hydrogen-bond donors (Lipinski definition) is 1. The van der Waals surface area contributed by atoms with Gasteiger partial charge < -0.3 is 19.5 Å². The molecule has 8 nitrogen and oxygen atoms in total. The van der Waals surface area contributed by atoms with Crippen molar-refractivity contribution in [3.8, 4) is 0 Å². The molecule has 4 rings (SSSR count). The van der Waals surface area contributed by atoms with Gasteiger partial charge in [-0.2, -0.15) is 0 Å². The predicted octanol–water partition coefficient (Wildman–Crippen LogP) is 3.25. The highest BCUT2D eigenvalue weighted by Gasteiger charge is 2.22. The monoisotopic (exact) mass is 454 g/mol. The molecule has 0 atom stereocenters. The molecule has 1 N–H and O–H groups in total. The number of amides is 1. The lowest BCUT2D eigenvalue weighted by Crippen LogP contribution is -2.29. The van der Waals surface area contributed by atoms with Crippen LogP contribution in [0.3, 0.4) is 0 Å². The van der Waals surface area contributed by atoms with Crippen LogP contribution in [0.15, 0.2) is 58.3 Å². The minimum Gasteiger partial charge on any atom is -0.467 e. The van der Waals surface area contributed by atoms with Crippen LogP contribution in [0.1, 0.15) is 25.0 Å². The van der Waals surface area contributed by atoms with E-state index < -0.39 is 0 Å². The van der Waals surface area contributed by atoms with Crippen molar-refractivity contribution in [2.75, 3.05) is 48.8 Å². The summed E-state index contributed by atoms with van der Waals surface area (Å²) in [7, 11) is 2.07. The molecule has 0 spiro atoms. The van der Waals surface area contributed by atoms with Crippen molar-refractivity contribution in [1.82, 2.24) is 20.1 Å². The fourth-order valence-electron chi connectivity index (χ4n) is 3.77. The number of thioether (sulfide) groups is 1. The molecule has 1 amide bonds. The fourth-order valence-corrected chi connectivity index (χ4v) is 4.54. The predicted molar refractivity (Wildman–Crippen MR) is 127 cm³/mol. The average Bonchev–Trinajstić information content (AvgIpc) is 3.58.